The molecule has 5 nitrogen and oxygen atoms in total. The summed E-state index contributed by atoms with van der Waals surface area (Å²) in [4.78, 5) is 12.0. The molecule has 0 aliphatic carbocycles. The Morgan fingerprint density at radius 2 is 2.21 bits per heavy atom. The van der Waals surface area contributed by atoms with Crippen LogP contribution in [0.3, 0.4) is 0 Å². The summed E-state index contributed by atoms with van der Waals surface area (Å²) in [5.41, 5.74) is 7.43. The van der Waals surface area contributed by atoms with Gasteiger partial charge in [-0.25, -0.2) is 0 Å². The molecule has 6 heteroatoms. The molecular weight excluding hydrogens is 308 g/mol. The van der Waals surface area contributed by atoms with E-state index in [-0.39, 0.29) is 11.6 Å². The van der Waals surface area contributed by atoms with Crippen LogP contribution >= 0.6 is 15.9 Å². The van der Waals surface area contributed by atoms with E-state index in [0.29, 0.717) is 18.8 Å². The predicted molar refractivity (Wildman–Crippen MR) is 77.6 cm³/mol. The minimum Gasteiger partial charge on any atom is -0.396 e. The first-order valence-electron chi connectivity index (χ1n) is 5.96. The van der Waals surface area contributed by atoms with Crippen molar-refractivity contribution in [1.82, 2.24) is 15.1 Å². The molecule has 1 aromatic heterocycles. The van der Waals surface area contributed by atoms with Crippen molar-refractivity contribution in [3.8, 4) is 0 Å². The van der Waals surface area contributed by atoms with Crippen LogP contribution in [0, 0.1) is 0 Å². The second-order valence-electron chi connectivity index (χ2n) is 4.06. The van der Waals surface area contributed by atoms with E-state index in [9.17, 15) is 4.79 Å². The third kappa shape index (κ3) is 3.14. The lowest BCUT2D eigenvalue weighted by Gasteiger charge is -2.06. The number of anilines is 1. The van der Waals surface area contributed by atoms with Crippen molar-refractivity contribution in [2.24, 2.45) is 0 Å². The first kappa shape index (κ1) is 13.6. The van der Waals surface area contributed by atoms with Crippen LogP contribution in [0.2, 0.25) is 0 Å². The van der Waals surface area contributed by atoms with Crippen molar-refractivity contribution >= 4 is 27.5 Å². The van der Waals surface area contributed by atoms with Gasteiger partial charge in [0.15, 0.2) is 5.69 Å². The molecule has 1 amide bonds. The molecule has 2 aromatic rings. The van der Waals surface area contributed by atoms with E-state index in [1.807, 2.05) is 31.2 Å². The number of benzene rings is 1. The van der Waals surface area contributed by atoms with Crippen molar-refractivity contribution in [1.29, 1.82) is 0 Å². The molecule has 19 heavy (non-hydrogen) atoms. The second kappa shape index (κ2) is 5.88. The van der Waals surface area contributed by atoms with E-state index in [0.717, 1.165) is 10.0 Å². The molecule has 1 heterocycles. The minimum atomic E-state index is -0.263. The van der Waals surface area contributed by atoms with Crippen LogP contribution in [0.1, 0.15) is 23.0 Å². The van der Waals surface area contributed by atoms with Crippen molar-refractivity contribution in [3.63, 3.8) is 0 Å². The SMILES string of the molecule is CCn1cc(N)c(C(=O)NCc2ccccc2Br)n1. The molecule has 0 fully saturated rings. The van der Waals surface area contributed by atoms with Gasteiger partial charge in [0.2, 0.25) is 0 Å². The molecule has 2 rings (SSSR count). The largest absolute Gasteiger partial charge is 0.396 e. The van der Waals surface area contributed by atoms with E-state index < -0.39 is 0 Å². The van der Waals surface area contributed by atoms with Gasteiger partial charge in [-0.3, -0.25) is 9.48 Å². The molecule has 0 aliphatic heterocycles. The molecule has 0 bridgehead atoms. The summed E-state index contributed by atoms with van der Waals surface area (Å²) < 4.78 is 2.60. The Hall–Kier alpha value is -1.82. The average molecular weight is 323 g/mol. The van der Waals surface area contributed by atoms with Crippen molar-refractivity contribution < 1.29 is 4.79 Å². The number of nitrogens with one attached hydrogen (secondary N) is 1. The van der Waals surface area contributed by atoms with Gasteiger partial charge in [-0.1, -0.05) is 34.1 Å². The van der Waals surface area contributed by atoms with Crippen LogP contribution in [0.4, 0.5) is 5.69 Å². The topological polar surface area (TPSA) is 72.9 Å². The summed E-state index contributed by atoms with van der Waals surface area (Å²) in [7, 11) is 0. The number of aromatic nitrogens is 2. The zero-order chi connectivity index (χ0) is 13.8. The number of nitrogens with two attached hydrogens (primary N) is 1. The number of nitrogen functional groups attached to an aromatic ring is 1. The van der Waals surface area contributed by atoms with Crippen molar-refractivity contribution in [3.05, 3.63) is 46.2 Å². The maximum absolute atomic E-state index is 12.0. The number of carbonyl (C=O) groups excluding carboxylic acids is 1. The number of rotatable bonds is 4. The second-order valence-corrected chi connectivity index (χ2v) is 4.92. The van der Waals surface area contributed by atoms with Crippen LogP contribution in [-0.2, 0) is 13.1 Å². The highest BCUT2D eigenvalue weighted by Crippen LogP contribution is 2.16. The molecule has 0 aliphatic rings. The van der Waals surface area contributed by atoms with Crippen LogP contribution < -0.4 is 11.1 Å². The monoisotopic (exact) mass is 322 g/mol. The van der Waals surface area contributed by atoms with Gasteiger partial charge in [0.05, 0.1) is 5.69 Å². The Balaban J connectivity index is 2.05. The smallest absolute Gasteiger partial charge is 0.274 e. The van der Waals surface area contributed by atoms with E-state index in [2.05, 4.69) is 26.3 Å². The van der Waals surface area contributed by atoms with E-state index in [1.165, 1.54) is 0 Å². The zero-order valence-corrected chi connectivity index (χ0v) is 12.1. The van der Waals surface area contributed by atoms with Gasteiger partial charge in [0.25, 0.3) is 5.91 Å². The van der Waals surface area contributed by atoms with Crippen LogP contribution in [0.25, 0.3) is 0 Å². The normalized spacial score (nSPS) is 10.4. The fraction of sp³-hybridized carbons (Fsp3) is 0.231. The maximum Gasteiger partial charge on any atom is 0.274 e. The molecule has 0 spiro atoms. The molecule has 0 unspecified atom stereocenters. The Morgan fingerprint density at radius 1 is 1.47 bits per heavy atom. The lowest BCUT2D eigenvalue weighted by atomic mass is 10.2. The maximum atomic E-state index is 12.0. The Labute approximate surface area is 119 Å². The molecule has 0 atom stereocenters. The minimum absolute atomic E-state index is 0.263. The van der Waals surface area contributed by atoms with Crippen LogP contribution in [0.5, 0.6) is 0 Å². The Kier molecular flexibility index (Phi) is 4.21. The number of hydrogen-bond acceptors (Lipinski definition) is 3. The number of amides is 1. The Morgan fingerprint density at radius 3 is 2.84 bits per heavy atom. The average Bonchev–Trinajstić information content (AvgIpc) is 2.79. The first-order valence-corrected chi connectivity index (χ1v) is 6.75. The van der Waals surface area contributed by atoms with Gasteiger partial charge >= 0.3 is 0 Å². The van der Waals surface area contributed by atoms with E-state index in [4.69, 9.17) is 5.73 Å². The van der Waals surface area contributed by atoms with Crippen molar-refractivity contribution in [2.75, 3.05) is 5.73 Å². The van der Waals surface area contributed by atoms with Gasteiger partial charge in [-0.15, -0.1) is 0 Å². The number of carbonyl (C=O) groups is 1. The summed E-state index contributed by atoms with van der Waals surface area (Å²) in [6.07, 6.45) is 1.66. The van der Waals surface area contributed by atoms with Gasteiger partial charge in [-0.05, 0) is 18.6 Å². The molecule has 1 aromatic carbocycles. The number of hydrogen-bond donors (Lipinski definition) is 2. The zero-order valence-electron chi connectivity index (χ0n) is 10.6. The fourth-order valence-corrected chi connectivity index (χ4v) is 2.10. The van der Waals surface area contributed by atoms with Crippen LogP contribution in [-0.4, -0.2) is 15.7 Å². The Bertz CT molecular complexity index is 594. The molecule has 0 saturated carbocycles. The molecule has 3 N–H and O–H groups in total. The molecule has 0 saturated heterocycles. The van der Waals surface area contributed by atoms with Gasteiger partial charge < -0.3 is 11.1 Å². The number of aryl methyl sites for hydroxylation is 1. The van der Waals surface area contributed by atoms with E-state index in [1.54, 1.807) is 10.9 Å². The summed E-state index contributed by atoms with van der Waals surface area (Å²) in [5, 5.41) is 6.94. The fourth-order valence-electron chi connectivity index (χ4n) is 1.68. The van der Waals surface area contributed by atoms with Gasteiger partial charge in [0.1, 0.15) is 0 Å². The van der Waals surface area contributed by atoms with Gasteiger partial charge in [0, 0.05) is 23.8 Å². The first-order chi connectivity index (χ1) is 9.11. The summed E-state index contributed by atoms with van der Waals surface area (Å²) in [6.45, 7) is 3.05. The third-order valence-electron chi connectivity index (χ3n) is 2.73. The highest BCUT2D eigenvalue weighted by atomic mass is 79.9. The summed E-state index contributed by atoms with van der Waals surface area (Å²) >= 11 is 3.44. The molecular formula is C13H15BrN4O. The highest BCUT2D eigenvalue weighted by Gasteiger charge is 2.14. The van der Waals surface area contributed by atoms with E-state index >= 15 is 0 Å². The number of halogens is 1. The lowest BCUT2D eigenvalue weighted by Crippen LogP contribution is -2.24. The molecule has 100 valence electrons. The number of nitrogens with zero attached hydrogens (tertiary/aromatic N) is 2. The highest BCUT2D eigenvalue weighted by molar-refractivity contribution is 9.10. The van der Waals surface area contributed by atoms with Crippen molar-refractivity contribution in [2.45, 2.75) is 20.0 Å². The standard InChI is InChI=1S/C13H15BrN4O/c1-2-18-8-11(15)12(17-18)13(19)16-7-9-5-3-4-6-10(9)14/h3-6,8H,2,7,15H2,1H3,(H,16,19). The summed E-state index contributed by atoms with van der Waals surface area (Å²) in [6, 6.07) is 7.72. The third-order valence-corrected chi connectivity index (χ3v) is 3.50. The predicted octanol–water partition coefficient (Wildman–Crippen LogP) is 2.18. The van der Waals surface area contributed by atoms with Gasteiger partial charge in [-0.2, -0.15) is 5.10 Å². The lowest BCUT2D eigenvalue weighted by molar-refractivity contribution is 0.0946. The quantitative estimate of drug-likeness (QED) is 0.906. The summed E-state index contributed by atoms with van der Waals surface area (Å²) in [5.74, 6) is -0.263. The molecule has 0 radical (unpaired) electrons. The van der Waals surface area contributed by atoms with Crippen LogP contribution in [0.15, 0.2) is 34.9 Å².